The van der Waals surface area contributed by atoms with Gasteiger partial charge in [0.1, 0.15) is 5.75 Å². The summed E-state index contributed by atoms with van der Waals surface area (Å²) in [6.45, 7) is 6.40. The lowest BCUT2D eigenvalue weighted by Crippen LogP contribution is -2.39. The molecular weight excluding hydrogens is 330 g/mol. The fourth-order valence-electron chi connectivity index (χ4n) is 2.83. The zero-order chi connectivity index (χ0) is 18.4. The van der Waals surface area contributed by atoms with Gasteiger partial charge in [0.25, 0.3) is 0 Å². The first-order valence-electron chi connectivity index (χ1n) is 9.17. The van der Waals surface area contributed by atoms with E-state index in [1.54, 1.807) is 7.05 Å². The van der Waals surface area contributed by atoms with Crippen molar-refractivity contribution in [2.24, 2.45) is 4.99 Å². The normalized spacial score (nSPS) is 13.6. The number of benzene rings is 1. The van der Waals surface area contributed by atoms with Crippen LogP contribution in [0.15, 0.2) is 27.7 Å². The number of aliphatic imine (C=N–C) groups is 1. The molecule has 0 saturated heterocycles. The maximum Gasteiger partial charge on any atom is 0.228 e. The van der Waals surface area contributed by atoms with Crippen LogP contribution in [0.2, 0.25) is 0 Å². The Labute approximate surface area is 154 Å². The maximum atomic E-state index is 5.55. The van der Waals surface area contributed by atoms with Gasteiger partial charge in [-0.05, 0) is 23.6 Å². The molecule has 2 N–H and O–H groups in total. The summed E-state index contributed by atoms with van der Waals surface area (Å²) in [7, 11) is 1.77. The molecule has 0 spiro atoms. The Morgan fingerprint density at radius 3 is 2.77 bits per heavy atom. The van der Waals surface area contributed by atoms with Crippen LogP contribution in [0, 0.1) is 0 Å². The zero-order valence-electron chi connectivity index (χ0n) is 15.7. The van der Waals surface area contributed by atoms with Crippen LogP contribution >= 0.6 is 0 Å². The summed E-state index contributed by atoms with van der Waals surface area (Å²) in [6.07, 6.45) is 2.62. The second-order valence-corrected chi connectivity index (χ2v) is 6.67. The first kappa shape index (κ1) is 18.2. The molecule has 1 aliphatic heterocycles. The van der Waals surface area contributed by atoms with Crippen molar-refractivity contribution in [1.29, 1.82) is 0 Å². The van der Waals surface area contributed by atoms with Gasteiger partial charge in [0.15, 0.2) is 11.8 Å². The largest absolute Gasteiger partial charge is 0.493 e. The summed E-state index contributed by atoms with van der Waals surface area (Å²) in [5, 5.41) is 10.6. The minimum absolute atomic E-state index is 0.278. The van der Waals surface area contributed by atoms with E-state index in [1.807, 2.05) is 13.8 Å². The molecule has 0 bridgehead atoms. The van der Waals surface area contributed by atoms with E-state index in [1.165, 1.54) is 11.1 Å². The molecule has 0 saturated carbocycles. The molecule has 0 aliphatic carbocycles. The number of guanidine groups is 1. The third-order valence-electron chi connectivity index (χ3n) is 4.32. The number of hydrogen-bond acceptors (Lipinski definition) is 5. The zero-order valence-corrected chi connectivity index (χ0v) is 15.7. The number of nitrogens with one attached hydrogen (secondary N) is 2. The fourth-order valence-corrected chi connectivity index (χ4v) is 2.83. The Morgan fingerprint density at radius 1 is 1.23 bits per heavy atom. The lowest BCUT2D eigenvalue weighted by Gasteiger charge is -2.11. The SMILES string of the molecule is CN=C(NCCc1ccc2c(c1)CCO2)NCCc1nc(C(C)C)no1. The van der Waals surface area contributed by atoms with Gasteiger partial charge in [0.2, 0.25) is 5.89 Å². The minimum atomic E-state index is 0.278. The number of aromatic nitrogens is 2. The van der Waals surface area contributed by atoms with Crippen molar-refractivity contribution < 1.29 is 9.26 Å². The molecule has 0 radical (unpaired) electrons. The molecule has 2 aromatic rings. The molecule has 1 aliphatic rings. The molecule has 0 unspecified atom stereocenters. The minimum Gasteiger partial charge on any atom is -0.493 e. The summed E-state index contributed by atoms with van der Waals surface area (Å²) in [6, 6.07) is 6.44. The van der Waals surface area contributed by atoms with Crippen molar-refractivity contribution in [2.75, 3.05) is 26.7 Å². The Balaban J connectivity index is 1.39. The number of ether oxygens (including phenoxy) is 1. The molecule has 0 atom stereocenters. The van der Waals surface area contributed by atoms with Crippen LogP contribution in [0.5, 0.6) is 5.75 Å². The van der Waals surface area contributed by atoms with E-state index < -0.39 is 0 Å². The van der Waals surface area contributed by atoms with Gasteiger partial charge in [0.05, 0.1) is 6.61 Å². The lowest BCUT2D eigenvalue weighted by molar-refractivity contribution is 0.357. The summed E-state index contributed by atoms with van der Waals surface area (Å²) < 4.78 is 10.8. The predicted molar refractivity (Wildman–Crippen MR) is 101 cm³/mol. The van der Waals surface area contributed by atoms with Crippen molar-refractivity contribution in [2.45, 2.75) is 39.0 Å². The highest BCUT2D eigenvalue weighted by Gasteiger charge is 2.12. The van der Waals surface area contributed by atoms with Crippen molar-refractivity contribution in [3.8, 4) is 5.75 Å². The molecule has 1 aromatic heterocycles. The molecule has 1 aromatic carbocycles. The van der Waals surface area contributed by atoms with E-state index in [0.29, 0.717) is 18.9 Å². The standard InChI is InChI=1S/C19H27N5O2/c1-13(2)18-23-17(26-24-18)7-10-22-19(20-3)21-9-6-14-4-5-16-15(12-14)8-11-25-16/h4-5,12-13H,6-11H2,1-3H3,(H2,20,21,22). The van der Waals surface area contributed by atoms with E-state index in [9.17, 15) is 0 Å². The Kier molecular flexibility index (Phi) is 6.09. The van der Waals surface area contributed by atoms with Gasteiger partial charge in [-0.25, -0.2) is 0 Å². The van der Waals surface area contributed by atoms with Gasteiger partial charge < -0.3 is 19.9 Å². The fraction of sp³-hybridized carbons (Fsp3) is 0.526. The van der Waals surface area contributed by atoms with Gasteiger partial charge in [-0.2, -0.15) is 4.98 Å². The van der Waals surface area contributed by atoms with Crippen LogP contribution in [-0.2, 0) is 19.3 Å². The quantitative estimate of drug-likeness (QED) is 0.583. The molecule has 0 amide bonds. The second kappa shape index (κ2) is 8.69. The molecule has 140 valence electrons. The van der Waals surface area contributed by atoms with Crippen LogP contribution in [-0.4, -0.2) is 42.8 Å². The average molecular weight is 357 g/mol. The van der Waals surface area contributed by atoms with Gasteiger partial charge in [-0.1, -0.05) is 31.1 Å². The van der Waals surface area contributed by atoms with Crippen LogP contribution in [0.3, 0.4) is 0 Å². The van der Waals surface area contributed by atoms with E-state index in [4.69, 9.17) is 9.26 Å². The van der Waals surface area contributed by atoms with Crippen LogP contribution in [0.25, 0.3) is 0 Å². The van der Waals surface area contributed by atoms with E-state index in [-0.39, 0.29) is 5.92 Å². The van der Waals surface area contributed by atoms with Crippen molar-refractivity contribution in [3.63, 3.8) is 0 Å². The third kappa shape index (κ3) is 4.74. The highest BCUT2D eigenvalue weighted by atomic mass is 16.5. The topological polar surface area (TPSA) is 84.6 Å². The molecule has 7 nitrogen and oxygen atoms in total. The van der Waals surface area contributed by atoms with Crippen molar-refractivity contribution in [1.82, 2.24) is 20.8 Å². The number of nitrogens with zero attached hydrogens (tertiary/aromatic N) is 3. The highest BCUT2D eigenvalue weighted by Crippen LogP contribution is 2.25. The van der Waals surface area contributed by atoms with Gasteiger partial charge >= 0.3 is 0 Å². The van der Waals surface area contributed by atoms with E-state index >= 15 is 0 Å². The first-order valence-corrected chi connectivity index (χ1v) is 9.17. The summed E-state index contributed by atoms with van der Waals surface area (Å²) in [5.74, 6) is 3.49. The predicted octanol–water partition coefficient (Wildman–Crippen LogP) is 2.08. The molecule has 0 fully saturated rings. The van der Waals surface area contributed by atoms with Gasteiger partial charge in [-0.15, -0.1) is 0 Å². The van der Waals surface area contributed by atoms with Crippen molar-refractivity contribution in [3.05, 3.63) is 41.0 Å². The second-order valence-electron chi connectivity index (χ2n) is 6.67. The lowest BCUT2D eigenvalue weighted by atomic mass is 10.1. The van der Waals surface area contributed by atoms with E-state index in [0.717, 1.165) is 43.5 Å². The summed E-state index contributed by atoms with van der Waals surface area (Å²) in [5.41, 5.74) is 2.62. The summed E-state index contributed by atoms with van der Waals surface area (Å²) >= 11 is 0. The van der Waals surface area contributed by atoms with Crippen LogP contribution in [0.1, 0.15) is 42.6 Å². The highest BCUT2D eigenvalue weighted by molar-refractivity contribution is 5.79. The Morgan fingerprint density at radius 2 is 2.04 bits per heavy atom. The molecule has 26 heavy (non-hydrogen) atoms. The van der Waals surface area contributed by atoms with Crippen molar-refractivity contribution >= 4 is 5.96 Å². The van der Waals surface area contributed by atoms with Gasteiger partial charge in [-0.3, -0.25) is 4.99 Å². The first-order chi connectivity index (χ1) is 12.7. The Bertz CT molecular complexity index is 754. The molecule has 7 heteroatoms. The summed E-state index contributed by atoms with van der Waals surface area (Å²) in [4.78, 5) is 8.62. The average Bonchev–Trinajstić information content (AvgIpc) is 3.29. The monoisotopic (exact) mass is 357 g/mol. The Hall–Kier alpha value is -2.57. The number of fused-ring (bicyclic) bond motifs is 1. The number of hydrogen-bond donors (Lipinski definition) is 2. The third-order valence-corrected chi connectivity index (χ3v) is 4.32. The smallest absolute Gasteiger partial charge is 0.228 e. The molecular formula is C19H27N5O2. The van der Waals surface area contributed by atoms with Gasteiger partial charge in [0, 0.05) is 38.9 Å². The molecule has 2 heterocycles. The number of rotatable bonds is 7. The van der Waals surface area contributed by atoms with Crippen LogP contribution in [0.4, 0.5) is 0 Å². The van der Waals surface area contributed by atoms with E-state index in [2.05, 4.69) is 44.0 Å². The molecule has 3 rings (SSSR count). The maximum absolute atomic E-state index is 5.55. The van der Waals surface area contributed by atoms with Crippen LogP contribution < -0.4 is 15.4 Å².